The standard InChI is InChI=1S/C38H50N4O6/c1-25-18-30(12-17-36(25)47-2)27-8-6-26(7-9-27)22-41(33-5-3-4-29(19-33)31-20-40-42(23-31)32-13-14-32)37(45)28-10-15-35(16-11-28)48-38(46)39-21-34(44)24-43/h3-5,12,17-20,23,26-28,32,34-35,43-44H,6-11,13-16,21-22,24H2,1-2H3,(H,39,46)/t26?,27?,28?,34-,35?/m0/s1. The summed E-state index contributed by atoms with van der Waals surface area (Å²) in [7, 11) is 1.71. The number of carbonyl (C=O) groups is 2. The third kappa shape index (κ3) is 8.39. The van der Waals surface area contributed by atoms with Gasteiger partial charge in [-0.2, -0.15) is 5.10 Å². The molecule has 3 aliphatic rings. The Labute approximate surface area is 283 Å². The second-order valence-corrected chi connectivity index (χ2v) is 14.0. The number of hydrogen-bond acceptors (Lipinski definition) is 7. The minimum Gasteiger partial charge on any atom is -0.496 e. The van der Waals surface area contributed by atoms with Crippen LogP contribution >= 0.6 is 0 Å². The van der Waals surface area contributed by atoms with Gasteiger partial charge in [0.25, 0.3) is 0 Å². The zero-order valence-corrected chi connectivity index (χ0v) is 28.2. The highest BCUT2D eigenvalue weighted by Gasteiger charge is 2.34. The number of aromatic nitrogens is 2. The van der Waals surface area contributed by atoms with E-state index in [1.807, 2.05) is 17.2 Å². The average molecular weight is 659 g/mol. The lowest BCUT2D eigenvalue weighted by Gasteiger charge is -2.36. The lowest BCUT2D eigenvalue weighted by atomic mass is 9.78. The van der Waals surface area contributed by atoms with Crippen molar-refractivity contribution in [1.29, 1.82) is 0 Å². The largest absolute Gasteiger partial charge is 0.496 e. The molecule has 3 aliphatic carbocycles. The summed E-state index contributed by atoms with van der Waals surface area (Å²) in [5.74, 6) is 1.83. The molecule has 3 fully saturated rings. The Balaban J connectivity index is 1.13. The van der Waals surface area contributed by atoms with Crippen LogP contribution < -0.4 is 15.0 Å². The van der Waals surface area contributed by atoms with Gasteiger partial charge in [0.2, 0.25) is 5.91 Å². The molecule has 0 radical (unpaired) electrons. The quantitative estimate of drug-likeness (QED) is 0.213. The fraction of sp³-hybridized carbons (Fsp3) is 0.553. The minimum absolute atomic E-state index is 0.0692. The van der Waals surface area contributed by atoms with Crippen molar-refractivity contribution in [2.75, 3.05) is 31.7 Å². The minimum atomic E-state index is -1.02. The number of benzene rings is 2. The van der Waals surface area contributed by atoms with E-state index in [-0.39, 0.29) is 24.5 Å². The molecule has 3 aromatic rings. The molecule has 0 spiro atoms. The smallest absolute Gasteiger partial charge is 0.407 e. The molecule has 0 bridgehead atoms. The topological polar surface area (TPSA) is 126 Å². The fourth-order valence-corrected chi connectivity index (χ4v) is 7.40. The molecular formula is C38H50N4O6. The van der Waals surface area contributed by atoms with Gasteiger partial charge in [-0.05, 0) is 118 Å². The predicted octanol–water partition coefficient (Wildman–Crippen LogP) is 6.15. The summed E-state index contributed by atoms with van der Waals surface area (Å²) in [5, 5.41) is 25.6. The number of amides is 2. The number of anilines is 1. The van der Waals surface area contributed by atoms with E-state index in [9.17, 15) is 14.7 Å². The summed E-state index contributed by atoms with van der Waals surface area (Å²) in [6.45, 7) is 2.28. The lowest BCUT2D eigenvalue weighted by Crippen LogP contribution is -2.42. The normalized spacial score (nSPS) is 23.2. The molecule has 0 unspecified atom stereocenters. The summed E-state index contributed by atoms with van der Waals surface area (Å²) in [4.78, 5) is 28.6. The van der Waals surface area contributed by atoms with Gasteiger partial charge in [-0.1, -0.05) is 24.3 Å². The van der Waals surface area contributed by atoms with E-state index in [2.05, 4.69) is 64.6 Å². The Bertz CT molecular complexity index is 1540. The van der Waals surface area contributed by atoms with E-state index < -0.39 is 18.8 Å². The van der Waals surface area contributed by atoms with Crippen LogP contribution in [0.25, 0.3) is 11.1 Å². The Hall–Kier alpha value is -3.89. The van der Waals surface area contributed by atoms with Crippen LogP contribution in [-0.2, 0) is 9.53 Å². The molecule has 0 aliphatic heterocycles. The number of aliphatic hydroxyl groups excluding tert-OH is 2. The number of aryl methyl sites for hydroxylation is 1. The second kappa shape index (κ2) is 15.6. The molecule has 3 saturated carbocycles. The number of aliphatic hydroxyl groups is 2. The van der Waals surface area contributed by atoms with Crippen LogP contribution in [0.4, 0.5) is 10.5 Å². The fourth-order valence-electron chi connectivity index (χ4n) is 7.40. The maximum Gasteiger partial charge on any atom is 0.407 e. The number of rotatable bonds is 12. The Morgan fingerprint density at radius 2 is 1.77 bits per heavy atom. The zero-order valence-electron chi connectivity index (χ0n) is 28.2. The van der Waals surface area contributed by atoms with Crippen LogP contribution in [0, 0.1) is 18.8 Å². The number of ether oxygens (including phenoxy) is 2. The number of methoxy groups -OCH3 is 1. The van der Waals surface area contributed by atoms with Gasteiger partial charge in [0.1, 0.15) is 11.9 Å². The molecule has 1 atom stereocenters. The molecule has 258 valence electrons. The number of nitrogens with zero attached hydrogens (tertiary/aromatic N) is 3. The van der Waals surface area contributed by atoms with Gasteiger partial charge in [0.15, 0.2) is 0 Å². The third-order valence-electron chi connectivity index (χ3n) is 10.4. The van der Waals surface area contributed by atoms with Gasteiger partial charge < -0.3 is 29.9 Å². The summed E-state index contributed by atoms with van der Waals surface area (Å²) >= 11 is 0. The van der Waals surface area contributed by atoms with Crippen LogP contribution in [0.1, 0.15) is 87.3 Å². The van der Waals surface area contributed by atoms with E-state index in [4.69, 9.17) is 14.6 Å². The van der Waals surface area contributed by atoms with Crippen LogP contribution in [0.3, 0.4) is 0 Å². The molecule has 48 heavy (non-hydrogen) atoms. The second-order valence-electron chi connectivity index (χ2n) is 14.0. The first kappa shape index (κ1) is 34.0. The van der Waals surface area contributed by atoms with Crippen LogP contribution in [-0.4, -0.2) is 71.0 Å². The van der Waals surface area contributed by atoms with Gasteiger partial charge in [-0.25, -0.2) is 4.79 Å². The lowest BCUT2D eigenvalue weighted by molar-refractivity contribution is -0.124. The summed E-state index contributed by atoms with van der Waals surface area (Å²) < 4.78 is 13.1. The van der Waals surface area contributed by atoms with E-state index in [0.717, 1.165) is 53.8 Å². The first-order chi connectivity index (χ1) is 23.3. The number of hydrogen-bond donors (Lipinski definition) is 3. The van der Waals surface area contributed by atoms with E-state index in [0.29, 0.717) is 50.1 Å². The molecule has 2 aromatic carbocycles. The van der Waals surface area contributed by atoms with Crippen molar-refractivity contribution in [2.24, 2.45) is 11.8 Å². The van der Waals surface area contributed by atoms with Crippen LogP contribution in [0.15, 0.2) is 54.9 Å². The number of carbonyl (C=O) groups excluding carboxylic acids is 2. The number of alkyl carbamates (subject to hydrolysis) is 1. The van der Waals surface area contributed by atoms with Gasteiger partial charge in [-0.15, -0.1) is 0 Å². The Morgan fingerprint density at radius 3 is 2.46 bits per heavy atom. The number of nitrogens with one attached hydrogen (secondary N) is 1. The Morgan fingerprint density at radius 1 is 1.00 bits per heavy atom. The van der Waals surface area contributed by atoms with Crippen molar-refractivity contribution in [2.45, 2.75) is 95.3 Å². The van der Waals surface area contributed by atoms with Gasteiger partial charge >= 0.3 is 6.09 Å². The van der Waals surface area contributed by atoms with Crippen molar-refractivity contribution in [3.05, 3.63) is 66.0 Å². The molecule has 1 heterocycles. The summed E-state index contributed by atoms with van der Waals surface area (Å²) in [5.41, 5.74) is 5.58. The van der Waals surface area contributed by atoms with Crippen molar-refractivity contribution in [1.82, 2.24) is 15.1 Å². The molecule has 2 amide bonds. The van der Waals surface area contributed by atoms with Crippen molar-refractivity contribution in [3.8, 4) is 16.9 Å². The summed E-state index contributed by atoms with van der Waals surface area (Å²) in [6, 6.07) is 15.4. The summed E-state index contributed by atoms with van der Waals surface area (Å²) in [6.07, 6.45) is 11.3. The van der Waals surface area contributed by atoms with Crippen molar-refractivity contribution >= 4 is 17.7 Å². The molecule has 10 nitrogen and oxygen atoms in total. The first-order valence-corrected chi connectivity index (χ1v) is 17.6. The van der Waals surface area contributed by atoms with Crippen molar-refractivity contribution < 1.29 is 29.3 Å². The van der Waals surface area contributed by atoms with E-state index in [1.54, 1.807) is 7.11 Å². The van der Waals surface area contributed by atoms with E-state index >= 15 is 0 Å². The highest BCUT2D eigenvalue weighted by atomic mass is 16.6. The highest BCUT2D eigenvalue weighted by Crippen LogP contribution is 2.40. The molecule has 6 rings (SSSR count). The van der Waals surface area contributed by atoms with Crippen LogP contribution in [0.5, 0.6) is 5.75 Å². The molecule has 3 N–H and O–H groups in total. The van der Waals surface area contributed by atoms with Crippen LogP contribution in [0.2, 0.25) is 0 Å². The zero-order chi connectivity index (χ0) is 33.6. The molecular weight excluding hydrogens is 608 g/mol. The maximum atomic E-state index is 14.4. The van der Waals surface area contributed by atoms with Crippen molar-refractivity contribution in [3.63, 3.8) is 0 Å². The van der Waals surface area contributed by atoms with Gasteiger partial charge in [0, 0.05) is 36.5 Å². The third-order valence-corrected chi connectivity index (χ3v) is 10.4. The average Bonchev–Trinajstić information content (AvgIpc) is 3.85. The molecule has 10 heteroatoms. The monoisotopic (exact) mass is 658 g/mol. The van der Waals surface area contributed by atoms with E-state index in [1.165, 1.54) is 18.4 Å². The first-order valence-electron chi connectivity index (χ1n) is 17.6. The van der Waals surface area contributed by atoms with Gasteiger partial charge in [-0.3, -0.25) is 9.48 Å². The Kier molecular flexibility index (Phi) is 11.0. The molecule has 0 saturated heterocycles. The maximum absolute atomic E-state index is 14.4. The SMILES string of the molecule is COc1ccc(C2CCC(CN(C(=O)C3CCC(OC(=O)NC[C@H](O)CO)CC3)c3cccc(-c4cnn(C5CC5)c4)c3)CC2)cc1C. The van der Waals surface area contributed by atoms with Gasteiger partial charge in [0.05, 0.1) is 32.1 Å². The highest BCUT2D eigenvalue weighted by molar-refractivity contribution is 5.95. The molecule has 1 aromatic heterocycles. The predicted molar refractivity (Wildman–Crippen MR) is 184 cm³/mol.